The van der Waals surface area contributed by atoms with E-state index in [2.05, 4.69) is 20.6 Å². The summed E-state index contributed by atoms with van der Waals surface area (Å²) in [5.41, 5.74) is 5.58. The predicted octanol–water partition coefficient (Wildman–Crippen LogP) is 2.51. The van der Waals surface area contributed by atoms with Crippen molar-refractivity contribution in [1.29, 1.82) is 0 Å². The second kappa shape index (κ2) is 6.48. The summed E-state index contributed by atoms with van der Waals surface area (Å²) in [4.78, 5) is 14.5. The van der Waals surface area contributed by atoms with Gasteiger partial charge in [0.15, 0.2) is 0 Å². The maximum atomic E-state index is 10.6. The van der Waals surface area contributed by atoms with Crippen molar-refractivity contribution in [2.75, 3.05) is 5.43 Å². The first-order chi connectivity index (χ1) is 11.2. The van der Waals surface area contributed by atoms with Gasteiger partial charge in [-0.3, -0.25) is 20.5 Å². The number of non-ortho nitro benzene ring substituents is 1. The molecule has 23 heavy (non-hydrogen) atoms. The number of rotatable bonds is 5. The molecule has 0 aliphatic heterocycles. The topological polar surface area (TPSA) is 98.2 Å². The van der Waals surface area contributed by atoms with Crippen LogP contribution in [0, 0.1) is 10.1 Å². The molecular weight excluding hydrogens is 296 g/mol. The Morgan fingerprint density at radius 2 is 1.96 bits per heavy atom. The van der Waals surface area contributed by atoms with Crippen molar-refractivity contribution in [2.24, 2.45) is 4.99 Å². The highest BCUT2D eigenvalue weighted by Crippen LogP contribution is 2.20. The van der Waals surface area contributed by atoms with Crippen LogP contribution in [0.1, 0.15) is 0 Å². The Hall–Kier alpha value is -3.55. The fraction of sp³-hybridized carbons (Fsp3) is 0. The van der Waals surface area contributed by atoms with E-state index in [4.69, 9.17) is 0 Å². The van der Waals surface area contributed by atoms with Crippen molar-refractivity contribution in [2.45, 2.75) is 0 Å². The van der Waals surface area contributed by atoms with Crippen molar-refractivity contribution in [1.82, 2.24) is 14.9 Å². The quantitative estimate of drug-likeness (QED) is 0.520. The molecule has 0 radical (unpaired) electrons. The average molecular weight is 308 g/mol. The second-order valence-electron chi connectivity index (χ2n) is 4.61. The molecule has 0 atom stereocenters. The number of nitro groups is 1. The van der Waals surface area contributed by atoms with E-state index in [0.29, 0.717) is 5.69 Å². The molecule has 8 nitrogen and oxygen atoms in total. The lowest BCUT2D eigenvalue weighted by Gasteiger charge is -2.02. The molecule has 2 aromatic rings. The van der Waals surface area contributed by atoms with Crippen LogP contribution in [0.3, 0.4) is 0 Å². The van der Waals surface area contributed by atoms with Crippen molar-refractivity contribution < 1.29 is 4.92 Å². The highest BCUT2D eigenvalue weighted by molar-refractivity contribution is 5.89. The van der Waals surface area contributed by atoms with Gasteiger partial charge in [0.25, 0.3) is 5.69 Å². The molecule has 1 aromatic heterocycles. The summed E-state index contributed by atoms with van der Waals surface area (Å²) in [5.74, 6) is 0. The lowest BCUT2D eigenvalue weighted by molar-refractivity contribution is -0.384. The van der Waals surface area contributed by atoms with Crippen molar-refractivity contribution in [3.8, 4) is 0 Å². The molecule has 0 saturated heterocycles. The summed E-state index contributed by atoms with van der Waals surface area (Å²) in [6.45, 7) is 0. The molecule has 1 N–H and O–H groups in total. The van der Waals surface area contributed by atoms with Gasteiger partial charge in [-0.05, 0) is 12.1 Å². The van der Waals surface area contributed by atoms with Gasteiger partial charge in [0.2, 0.25) is 0 Å². The second-order valence-corrected chi connectivity index (χ2v) is 4.61. The van der Waals surface area contributed by atoms with Crippen LogP contribution in [0.25, 0.3) is 0 Å². The summed E-state index contributed by atoms with van der Waals surface area (Å²) in [7, 11) is 0. The Balaban J connectivity index is 1.69. The van der Waals surface area contributed by atoms with E-state index >= 15 is 0 Å². The first-order valence-electron chi connectivity index (χ1n) is 6.71. The van der Waals surface area contributed by atoms with Gasteiger partial charge in [-0.25, -0.2) is 4.68 Å². The van der Waals surface area contributed by atoms with E-state index in [9.17, 15) is 10.1 Å². The maximum absolute atomic E-state index is 10.6. The largest absolute Gasteiger partial charge is 0.299 e. The highest BCUT2D eigenvalue weighted by Gasteiger charge is 2.05. The van der Waals surface area contributed by atoms with E-state index in [-0.39, 0.29) is 5.69 Å². The minimum atomic E-state index is -0.436. The smallest absolute Gasteiger partial charge is 0.269 e. The monoisotopic (exact) mass is 308 g/mol. The Bertz CT molecular complexity index is 816. The highest BCUT2D eigenvalue weighted by atomic mass is 16.6. The van der Waals surface area contributed by atoms with Gasteiger partial charge in [0, 0.05) is 35.7 Å². The minimum Gasteiger partial charge on any atom is -0.299 e. The van der Waals surface area contributed by atoms with E-state index in [0.717, 1.165) is 11.1 Å². The lowest BCUT2D eigenvalue weighted by Crippen LogP contribution is -2.06. The maximum Gasteiger partial charge on any atom is 0.269 e. The van der Waals surface area contributed by atoms with Crippen LogP contribution >= 0.6 is 0 Å². The number of aliphatic imine (C=N–C) groups is 1. The number of nitro benzene ring substituents is 1. The van der Waals surface area contributed by atoms with Crippen LogP contribution in [0.15, 0.2) is 77.5 Å². The zero-order valence-corrected chi connectivity index (χ0v) is 11.9. The molecular formula is C15H12N6O2. The van der Waals surface area contributed by atoms with E-state index in [1.165, 1.54) is 12.1 Å². The Morgan fingerprint density at radius 3 is 2.65 bits per heavy atom. The summed E-state index contributed by atoms with van der Waals surface area (Å²) in [6, 6.07) is 6.07. The minimum absolute atomic E-state index is 0.0458. The molecule has 1 aromatic carbocycles. The van der Waals surface area contributed by atoms with Crippen molar-refractivity contribution >= 4 is 17.6 Å². The fourth-order valence-electron chi connectivity index (χ4n) is 1.91. The first-order valence-corrected chi connectivity index (χ1v) is 6.71. The molecule has 1 aliphatic rings. The van der Waals surface area contributed by atoms with E-state index < -0.39 is 4.92 Å². The average Bonchev–Trinajstić information content (AvgIpc) is 3.22. The van der Waals surface area contributed by atoms with Gasteiger partial charge in [0.05, 0.1) is 10.6 Å². The number of nitrogens with one attached hydrogen (secondary N) is 1. The van der Waals surface area contributed by atoms with E-state index in [1.54, 1.807) is 41.9 Å². The van der Waals surface area contributed by atoms with Crippen LogP contribution < -0.4 is 5.43 Å². The molecule has 0 fully saturated rings. The molecule has 114 valence electrons. The normalized spacial score (nSPS) is 15.3. The van der Waals surface area contributed by atoms with Crippen LogP contribution in [0.4, 0.5) is 11.4 Å². The SMILES string of the molecule is O=[N+]([O-])c1ccc(N=CC2=CC=C/C2=C/Nn2cnnc2)cc1. The van der Waals surface area contributed by atoms with Gasteiger partial charge in [-0.2, -0.15) is 0 Å². The number of aromatic nitrogens is 3. The number of hydrogen-bond donors (Lipinski definition) is 1. The molecule has 0 unspecified atom stereocenters. The molecule has 8 heteroatoms. The standard InChI is InChI=1S/C15H12N6O2/c22-21(23)15-6-4-14(5-7-15)16-8-12-2-1-3-13(12)9-19-20-10-17-18-11-20/h1-11,19H/b13-9-,16-8?. The van der Waals surface area contributed by atoms with Gasteiger partial charge in [-0.1, -0.05) is 18.2 Å². The van der Waals surface area contributed by atoms with E-state index in [1.807, 2.05) is 18.2 Å². The van der Waals surface area contributed by atoms with Gasteiger partial charge in [0.1, 0.15) is 12.7 Å². The summed E-state index contributed by atoms with van der Waals surface area (Å²) >= 11 is 0. The first kappa shape index (κ1) is 14.4. The number of benzene rings is 1. The van der Waals surface area contributed by atoms with Gasteiger partial charge in [-0.15, -0.1) is 10.2 Å². The van der Waals surface area contributed by atoms with Gasteiger partial charge < -0.3 is 0 Å². The van der Waals surface area contributed by atoms with Crippen molar-refractivity contribution in [3.05, 3.63) is 82.6 Å². The zero-order chi connectivity index (χ0) is 16.1. The third kappa shape index (κ3) is 3.56. The summed E-state index contributed by atoms with van der Waals surface area (Å²) in [6.07, 6.45) is 12.4. The summed E-state index contributed by atoms with van der Waals surface area (Å²) in [5, 5.41) is 18.0. The Labute approximate surface area is 131 Å². The molecule has 0 bridgehead atoms. The Morgan fingerprint density at radius 1 is 1.22 bits per heavy atom. The lowest BCUT2D eigenvalue weighted by atomic mass is 10.2. The van der Waals surface area contributed by atoms with Crippen molar-refractivity contribution in [3.63, 3.8) is 0 Å². The third-order valence-electron chi connectivity index (χ3n) is 3.09. The zero-order valence-electron chi connectivity index (χ0n) is 11.9. The number of hydrogen-bond acceptors (Lipinski definition) is 6. The fourth-order valence-corrected chi connectivity index (χ4v) is 1.91. The number of allylic oxidation sites excluding steroid dienone is 5. The van der Waals surface area contributed by atoms with Gasteiger partial charge >= 0.3 is 0 Å². The van der Waals surface area contributed by atoms with Crippen LogP contribution in [-0.2, 0) is 0 Å². The molecule has 1 heterocycles. The Kier molecular flexibility index (Phi) is 4.05. The van der Waals surface area contributed by atoms with Crippen LogP contribution in [0.2, 0.25) is 0 Å². The van der Waals surface area contributed by atoms with Crippen LogP contribution in [-0.4, -0.2) is 26.0 Å². The molecule has 0 spiro atoms. The summed E-state index contributed by atoms with van der Waals surface area (Å²) < 4.78 is 1.62. The molecule has 3 rings (SSSR count). The third-order valence-corrected chi connectivity index (χ3v) is 3.09. The number of nitrogens with zero attached hydrogens (tertiary/aromatic N) is 5. The molecule has 0 amide bonds. The predicted molar refractivity (Wildman–Crippen MR) is 85.9 cm³/mol. The van der Waals surface area contributed by atoms with Crippen LogP contribution in [0.5, 0.6) is 0 Å². The molecule has 1 aliphatic carbocycles. The molecule has 0 saturated carbocycles.